The lowest BCUT2D eigenvalue weighted by Gasteiger charge is -2.18. The molecule has 1 nitrogen and oxygen atoms in total. The van der Waals surface area contributed by atoms with Crippen molar-refractivity contribution >= 4 is 21.5 Å². The van der Waals surface area contributed by atoms with Gasteiger partial charge in [0, 0.05) is 6.04 Å². The third-order valence-corrected chi connectivity index (χ3v) is 3.75. The SMILES string of the molecule is C=C(C)C[C@H](N)c1c2ccccc2cc2ccccc12. The molecule has 0 aliphatic rings. The maximum Gasteiger partial charge on any atom is 0.0344 e. The highest BCUT2D eigenvalue weighted by Crippen LogP contribution is 2.33. The number of hydrogen-bond donors (Lipinski definition) is 1. The lowest BCUT2D eigenvalue weighted by atomic mass is 9.90. The molecule has 0 saturated carbocycles. The van der Waals surface area contributed by atoms with Gasteiger partial charge in [0.2, 0.25) is 0 Å². The molecule has 0 aromatic heterocycles. The van der Waals surface area contributed by atoms with Gasteiger partial charge >= 0.3 is 0 Å². The summed E-state index contributed by atoms with van der Waals surface area (Å²) in [6.45, 7) is 6.04. The van der Waals surface area contributed by atoms with E-state index in [1.807, 2.05) is 6.92 Å². The molecule has 0 saturated heterocycles. The Morgan fingerprint density at radius 3 is 2.00 bits per heavy atom. The second-order valence-electron chi connectivity index (χ2n) is 5.50. The summed E-state index contributed by atoms with van der Waals surface area (Å²) in [5, 5.41) is 5.00. The van der Waals surface area contributed by atoms with Crippen LogP contribution in [0.5, 0.6) is 0 Å². The van der Waals surface area contributed by atoms with Crippen LogP contribution in [0.4, 0.5) is 0 Å². The molecule has 0 radical (unpaired) electrons. The zero-order valence-electron chi connectivity index (χ0n) is 11.8. The van der Waals surface area contributed by atoms with Crippen LogP contribution in [0.15, 0.2) is 66.7 Å². The predicted molar refractivity (Wildman–Crippen MR) is 87.8 cm³/mol. The first-order chi connectivity index (χ1) is 9.66. The molecule has 1 heteroatoms. The van der Waals surface area contributed by atoms with Gasteiger partial charge in [-0.25, -0.2) is 0 Å². The Hall–Kier alpha value is -2.12. The van der Waals surface area contributed by atoms with Gasteiger partial charge in [-0.2, -0.15) is 0 Å². The van der Waals surface area contributed by atoms with Crippen LogP contribution in [-0.4, -0.2) is 0 Å². The number of hydrogen-bond acceptors (Lipinski definition) is 1. The van der Waals surface area contributed by atoms with Crippen molar-refractivity contribution in [2.45, 2.75) is 19.4 Å². The maximum absolute atomic E-state index is 6.47. The Kier molecular flexibility index (Phi) is 3.29. The summed E-state index contributed by atoms with van der Waals surface area (Å²) in [4.78, 5) is 0. The van der Waals surface area contributed by atoms with Crippen molar-refractivity contribution in [3.63, 3.8) is 0 Å². The topological polar surface area (TPSA) is 26.0 Å². The van der Waals surface area contributed by atoms with Crippen LogP contribution in [0.3, 0.4) is 0 Å². The highest BCUT2D eigenvalue weighted by atomic mass is 14.6. The summed E-state index contributed by atoms with van der Waals surface area (Å²) >= 11 is 0. The van der Waals surface area contributed by atoms with E-state index in [9.17, 15) is 0 Å². The molecule has 20 heavy (non-hydrogen) atoms. The Bertz CT molecular complexity index is 732. The van der Waals surface area contributed by atoms with Gasteiger partial charge in [-0.3, -0.25) is 0 Å². The van der Waals surface area contributed by atoms with Gasteiger partial charge in [0.25, 0.3) is 0 Å². The van der Waals surface area contributed by atoms with Gasteiger partial charge in [0.05, 0.1) is 0 Å². The molecule has 3 aromatic carbocycles. The molecule has 0 amide bonds. The van der Waals surface area contributed by atoms with E-state index in [1.54, 1.807) is 0 Å². The number of nitrogens with two attached hydrogens (primary N) is 1. The summed E-state index contributed by atoms with van der Waals surface area (Å²) in [5.74, 6) is 0. The molecule has 0 spiro atoms. The van der Waals surface area contributed by atoms with E-state index in [-0.39, 0.29) is 6.04 Å². The first-order valence-electron chi connectivity index (χ1n) is 6.97. The Morgan fingerprint density at radius 1 is 1.00 bits per heavy atom. The third-order valence-electron chi connectivity index (χ3n) is 3.75. The van der Waals surface area contributed by atoms with Crippen molar-refractivity contribution in [1.82, 2.24) is 0 Å². The molecule has 0 fully saturated rings. The molecule has 0 bridgehead atoms. The maximum atomic E-state index is 6.47. The van der Waals surface area contributed by atoms with Crippen molar-refractivity contribution in [1.29, 1.82) is 0 Å². The summed E-state index contributed by atoms with van der Waals surface area (Å²) in [6.07, 6.45) is 0.817. The number of benzene rings is 3. The third kappa shape index (κ3) is 2.21. The Morgan fingerprint density at radius 2 is 1.50 bits per heavy atom. The molecule has 0 heterocycles. The molecule has 0 aliphatic carbocycles. The van der Waals surface area contributed by atoms with Crippen molar-refractivity contribution in [3.8, 4) is 0 Å². The average Bonchev–Trinajstić information content (AvgIpc) is 2.43. The summed E-state index contributed by atoms with van der Waals surface area (Å²) in [6, 6.07) is 19.2. The molecular weight excluding hydrogens is 242 g/mol. The fourth-order valence-electron chi connectivity index (χ4n) is 2.93. The van der Waals surface area contributed by atoms with E-state index < -0.39 is 0 Å². The minimum atomic E-state index is -0.0106. The lowest BCUT2D eigenvalue weighted by molar-refractivity contribution is 0.728. The van der Waals surface area contributed by atoms with E-state index in [4.69, 9.17) is 5.73 Å². The van der Waals surface area contributed by atoms with Gasteiger partial charge in [0.1, 0.15) is 0 Å². The van der Waals surface area contributed by atoms with E-state index in [1.165, 1.54) is 27.1 Å². The molecule has 1 atom stereocenters. The molecule has 100 valence electrons. The quantitative estimate of drug-likeness (QED) is 0.523. The van der Waals surface area contributed by atoms with Crippen LogP contribution >= 0.6 is 0 Å². The molecule has 3 aromatic rings. The van der Waals surface area contributed by atoms with Crippen LogP contribution in [-0.2, 0) is 0 Å². The van der Waals surface area contributed by atoms with Gasteiger partial charge < -0.3 is 5.73 Å². The number of fused-ring (bicyclic) bond motifs is 2. The van der Waals surface area contributed by atoms with E-state index >= 15 is 0 Å². The number of rotatable bonds is 3. The lowest BCUT2D eigenvalue weighted by Crippen LogP contribution is -2.11. The van der Waals surface area contributed by atoms with Crippen molar-refractivity contribution in [2.75, 3.05) is 0 Å². The van der Waals surface area contributed by atoms with Crippen molar-refractivity contribution in [3.05, 3.63) is 72.3 Å². The zero-order chi connectivity index (χ0) is 14.1. The first-order valence-corrected chi connectivity index (χ1v) is 6.97. The monoisotopic (exact) mass is 261 g/mol. The van der Waals surface area contributed by atoms with Crippen LogP contribution < -0.4 is 5.73 Å². The fourth-order valence-corrected chi connectivity index (χ4v) is 2.93. The van der Waals surface area contributed by atoms with Crippen LogP contribution in [0.25, 0.3) is 21.5 Å². The van der Waals surface area contributed by atoms with E-state index in [0.29, 0.717) is 0 Å². The largest absolute Gasteiger partial charge is 0.324 e. The van der Waals surface area contributed by atoms with Gasteiger partial charge in [0.15, 0.2) is 0 Å². The minimum Gasteiger partial charge on any atom is -0.324 e. The molecule has 3 rings (SSSR count). The Labute approximate surface area is 119 Å². The van der Waals surface area contributed by atoms with Gasteiger partial charge in [-0.15, -0.1) is 6.58 Å². The Balaban J connectivity index is 2.35. The minimum absolute atomic E-state index is 0.0106. The summed E-state index contributed by atoms with van der Waals surface area (Å²) in [5.41, 5.74) is 8.82. The second-order valence-corrected chi connectivity index (χ2v) is 5.50. The second kappa shape index (κ2) is 5.10. The normalized spacial score (nSPS) is 12.7. The summed E-state index contributed by atoms with van der Waals surface area (Å²) < 4.78 is 0. The van der Waals surface area contributed by atoms with Crippen LogP contribution in [0.1, 0.15) is 24.9 Å². The molecule has 0 unspecified atom stereocenters. The van der Waals surface area contributed by atoms with Crippen molar-refractivity contribution < 1.29 is 0 Å². The van der Waals surface area contributed by atoms with Gasteiger partial charge in [-0.1, -0.05) is 54.1 Å². The van der Waals surface area contributed by atoms with Crippen molar-refractivity contribution in [2.24, 2.45) is 5.73 Å². The molecule has 0 aliphatic heterocycles. The van der Waals surface area contributed by atoms with Crippen LogP contribution in [0.2, 0.25) is 0 Å². The van der Waals surface area contributed by atoms with E-state index in [0.717, 1.165) is 12.0 Å². The zero-order valence-corrected chi connectivity index (χ0v) is 11.8. The molecular formula is C19H19N. The first kappa shape index (κ1) is 12.9. The average molecular weight is 261 g/mol. The smallest absolute Gasteiger partial charge is 0.0344 e. The molecule has 2 N–H and O–H groups in total. The predicted octanol–water partition coefficient (Wildman–Crippen LogP) is 4.96. The fraction of sp³-hybridized carbons (Fsp3) is 0.158. The summed E-state index contributed by atoms with van der Waals surface area (Å²) in [7, 11) is 0. The standard InChI is InChI=1S/C19H19N/c1-13(2)11-18(20)19-16-9-5-3-7-14(16)12-15-8-4-6-10-17(15)19/h3-10,12,18H,1,11,20H2,2H3/t18-/m0/s1. The van der Waals surface area contributed by atoms with E-state index in [2.05, 4.69) is 61.2 Å². The highest BCUT2D eigenvalue weighted by molar-refractivity contribution is 6.02. The highest BCUT2D eigenvalue weighted by Gasteiger charge is 2.14. The van der Waals surface area contributed by atoms with Crippen LogP contribution in [0, 0.1) is 0 Å². The van der Waals surface area contributed by atoms with Gasteiger partial charge in [-0.05, 0) is 46.5 Å².